The molecule has 0 bridgehead atoms. The van der Waals surface area contributed by atoms with Gasteiger partial charge in [0, 0.05) is 18.2 Å². The summed E-state index contributed by atoms with van der Waals surface area (Å²) in [4.78, 5) is 57.7. The van der Waals surface area contributed by atoms with Gasteiger partial charge in [-0.25, -0.2) is 19.2 Å². The number of carbonyl (C=O) groups is 5. The van der Waals surface area contributed by atoms with Crippen LogP contribution in [0.5, 0.6) is 0 Å². The van der Waals surface area contributed by atoms with Gasteiger partial charge in [0.25, 0.3) is 0 Å². The van der Waals surface area contributed by atoms with Crippen LogP contribution in [0, 0.1) is 12.8 Å². The number of carboxylic acids is 3. The van der Waals surface area contributed by atoms with Crippen LogP contribution in [-0.4, -0.2) is 63.4 Å². The topological polar surface area (TPSA) is 194 Å². The van der Waals surface area contributed by atoms with Gasteiger partial charge in [-0.2, -0.15) is 0 Å². The number of nitrogens with one attached hydrogen (secondary N) is 4. The van der Waals surface area contributed by atoms with Crippen molar-refractivity contribution in [3.8, 4) is 0 Å². The van der Waals surface area contributed by atoms with E-state index < -0.39 is 53.9 Å². The largest absolute Gasteiger partial charge is 0.481 e. The number of hydrogen-bond acceptors (Lipinski definition) is 5. The van der Waals surface area contributed by atoms with Crippen LogP contribution in [0.15, 0.2) is 24.3 Å². The van der Waals surface area contributed by atoms with Crippen LogP contribution < -0.4 is 21.3 Å². The van der Waals surface area contributed by atoms with E-state index in [4.69, 9.17) is 5.11 Å². The maximum absolute atomic E-state index is 12.2. The van der Waals surface area contributed by atoms with Crippen molar-refractivity contribution in [1.82, 2.24) is 16.0 Å². The fourth-order valence-electron chi connectivity index (χ4n) is 3.40. The van der Waals surface area contributed by atoms with Gasteiger partial charge in [0.2, 0.25) is 0 Å². The van der Waals surface area contributed by atoms with Gasteiger partial charge in [-0.1, -0.05) is 17.7 Å². The molecule has 2 unspecified atom stereocenters. The zero-order chi connectivity index (χ0) is 24.6. The summed E-state index contributed by atoms with van der Waals surface area (Å²) in [7, 11) is 0. The highest BCUT2D eigenvalue weighted by molar-refractivity contribution is 5.92. The second-order valence-corrected chi connectivity index (χ2v) is 8.01. The average Bonchev–Trinajstić information content (AvgIpc) is 3.40. The van der Waals surface area contributed by atoms with E-state index in [1.807, 2.05) is 19.1 Å². The molecule has 12 heteroatoms. The summed E-state index contributed by atoms with van der Waals surface area (Å²) in [5.41, 5.74) is -0.00788. The number of aliphatic carboxylic acids is 3. The molecule has 12 nitrogen and oxygen atoms in total. The van der Waals surface area contributed by atoms with E-state index in [9.17, 15) is 34.2 Å². The van der Waals surface area contributed by atoms with E-state index >= 15 is 0 Å². The van der Waals surface area contributed by atoms with Gasteiger partial charge in [0.05, 0.1) is 6.42 Å². The number of anilines is 1. The summed E-state index contributed by atoms with van der Waals surface area (Å²) < 4.78 is 0. The lowest BCUT2D eigenvalue weighted by Crippen LogP contribution is -2.53. The van der Waals surface area contributed by atoms with Crippen molar-refractivity contribution in [2.45, 2.75) is 50.6 Å². The fraction of sp³-hybridized carbons (Fsp3) is 0.476. The van der Waals surface area contributed by atoms with Crippen molar-refractivity contribution >= 4 is 35.7 Å². The van der Waals surface area contributed by atoms with Gasteiger partial charge >= 0.3 is 30.0 Å². The Kier molecular flexibility index (Phi) is 8.60. The molecule has 33 heavy (non-hydrogen) atoms. The minimum Gasteiger partial charge on any atom is -0.481 e. The van der Waals surface area contributed by atoms with Gasteiger partial charge in [-0.3, -0.25) is 4.79 Å². The van der Waals surface area contributed by atoms with Gasteiger partial charge in [0.15, 0.2) is 0 Å². The van der Waals surface area contributed by atoms with Crippen molar-refractivity contribution in [2.24, 2.45) is 5.92 Å². The fourth-order valence-corrected chi connectivity index (χ4v) is 3.40. The molecule has 180 valence electrons. The Morgan fingerprint density at radius 3 is 2.27 bits per heavy atom. The Labute approximate surface area is 189 Å². The SMILES string of the molecule is Cc1ccc(NC(=O)NCCCC[C@H](NC(=O)NC2(C(=O)O)CC2CC(=O)O)C(=O)O)cc1. The summed E-state index contributed by atoms with van der Waals surface area (Å²) in [5, 5.41) is 37.2. The van der Waals surface area contributed by atoms with Crippen LogP contribution in [0.1, 0.15) is 37.7 Å². The number of urea groups is 2. The number of aryl methyl sites for hydroxylation is 1. The smallest absolute Gasteiger partial charge is 0.329 e. The van der Waals surface area contributed by atoms with E-state index in [1.165, 1.54) is 0 Å². The van der Waals surface area contributed by atoms with Crippen molar-refractivity contribution in [2.75, 3.05) is 11.9 Å². The zero-order valence-corrected chi connectivity index (χ0v) is 18.1. The molecular formula is C21H28N4O8. The van der Waals surface area contributed by atoms with E-state index in [1.54, 1.807) is 12.1 Å². The molecule has 1 fully saturated rings. The molecule has 0 aliphatic heterocycles. The normalized spacial score (nSPS) is 19.6. The van der Waals surface area contributed by atoms with Gasteiger partial charge in [0.1, 0.15) is 11.6 Å². The molecule has 1 saturated carbocycles. The molecule has 3 atom stereocenters. The summed E-state index contributed by atoms with van der Waals surface area (Å²) in [6.45, 7) is 2.22. The number of amides is 4. The number of unbranched alkanes of at least 4 members (excludes halogenated alkanes) is 1. The molecule has 0 heterocycles. The lowest BCUT2D eigenvalue weighted by atomic mass is 10.1. The van der Waals surface area contributed by atoms with Gasteiger partial charge in [-0.15, -0.1) is 0 Å². The third-order valence-electron chi connectivity index (χ3n) is 5.36. The van der Waals surface area contributed by atoms with Crippen molar-refractivity contribution in [1.29, 1.82) is 0 Å². The molecule has 0 saturated heterocycles. The molecule has 0 spiro atoms. The first-order valence-electron chi connectivity index (χ1n) is 10.4. The molecule has 1 aromatic rings. The van der Waals surface area contributed by atoms with Crippen LogP contribution >= 0.6 is 0 Å². The van der Waals surface area contributed by atoms with Crippen molar-refractivity contribution in [3.05, 3.63) is 29.8 Å². The predicted octanol–water partition coefficient (Wildman–Crippen LogP) is 1.36. The molecule has 2 rings (SSSR count). The van der Waals surface area contributed by atoms with Crippen LogP contribution in [0.3, 0.4) is 0 Å². The minimum absolute atomic E-state index is 0.0455. The number of carbonyl (C=O) groups excluding carboxylic acids is 2. The maximum Gasteiger partial charge on any atom is 0.329 e. The van der Waals surface area contributed by atoms with E-state index in [-0.39, 0.29) is 19.4 Å². The minimum atomic E-state index is -1.71. The second-order valence-electron chi connectivity index (χ2n) is 8.01. The summed E-state index contributed by atoms with van der Waals surface area (Å²) in [6.07, 6.45) is 0.417. The highest BCUT2D eigenvalue weighted by Gasteiger charge is 2.62. The first-order chi connectivity index (χ1) is 15.5. The third kappa shape index (κ3) is 7.66. The number of benzene rings is 1. The standard InChI is InChI=1S/C21H28N4O8/c1-12-5-7-14(8-6-12)23-19(32)22-9-3-2-4-15(17(28)29)24-20(33)25-21(18(30)31)11-13(21)10-16(26)27/h5-8,13,15H,2-4,9-11H2,1H3,(H,26,27)(H,28,29)(H,30,31)(H2,22,23,32)(H2,24,25,33)/t13?,15-,21?/m0/s1. The molecule has 7 N–H and O–H groups in total. The molecular weight excluding hydrogens is 436 g/mol. The zero-order valence-electron chi connectivity index (χ0n) is 18.1. The number of hydrogen-bond donors (Lipinski definition) is 7. The van der Waals surface area contributed by atoms with E-state index in [2.05, 4.69) is 21.3 Å². The Balaban J connectivity index is 1.72. The van der Waals surface area contributed by atoms with E-state index in [0.717, 1.165) is 5.56 Å². The van der Waals surface area contributed by atoms with Gasteiger partial charge < -0.3 is 36.6 Å². The molecule has 0 radical (unpaired) electrons. The maximum atomic E-state index is 12.2. The Hall–Kier alpha value is -3.83. The Morgan fingerprint density at radius 1 is 1.03 bits per heavy atom. The third-order valence-corrected chi connectivity index (χ3v) is 5.36. The molecule has 0 aromatic heterocycles. The summed E-state index contributed by atoms with van der Waals surface area (Å²) >= 11 is 0. The van der Waals surface area contributed by atoms with Crippen molar-refractivity contribution in [3.63, 3.8) is 0 Å². The molecule has 1 aliphatic carbocycles. The Bertz CT molecular complexity index is 904. The first kappa shape index (κ1) is 25.4. The van der Waals surface area contributed by atoms with Gasteiger partial charge in [-0.05, 0) is 44.7 Å². The monoisotopic (exact) mass is 464 g/mol. The van der Waals surface area contributed by atoms with E-state index in [0.29, 0.717) is 18.5 Å². The van der Waals surface area contributed by atoms with Crippen molar-refractivity contribution < 1.29 is 39.3 Å². The van der Waals surface area contributed by atoms with Crippen LogP contribution in [0.25, 0.3) is 0 Å². The predicted molar refractivity (Wildman–Crippen MR) is 116 cm³/mol. The quantitative estimate of drug-likeness (QED) is 0.225. The molecule has 4 amide bonds. The highest BCUT2D eigenvalue weighted by Crippen LogP contribution is 2.46. The highest BCUT2D eigenvalue weighted by atomic mass is 16.4. The summed E-state index contributed by atoms with van der Waals surface area (Å²) in [5.74, 6) is -4.61. The van der Waals surface area contributed by atoms with Crippen LogP contribution in [0.4, 0.5) is 15.3 Å². The molecule has 1 aliphatic rings. The molecule has 1 aromatic carbocycles. The lowest BCUT2D eigenvalue weighted by molar-refractivity contribution is -0.141. The number of carboxylic acid groups (broad SMARTS) is 3. The number of rotatable bonds is 12. The van der Waals surface area contributed by atoms with Crippen LogP contribution in [0.2, 0.25) is 0 Å². The average molecular weight is 464 g/mol. The summed E-state index contributed by atoms with van der Waals surface area (Å²) in [6, 6.07) is 4.59. The first-order valence-corrected chi connectivity index (χ1v) is 10.4. The Morgan fingerprint density at radius 2 is 1.70 bits per heavy atom. The lowest BCUT2D eigenvalue weighted by Gasteiger charge is -2.19. The second kappa shape index (κ2) is 11.2. The van der Waals surface area contributed by atoms with Crippen LogP contribution in [-0.2, 0) is 14.4 Å².